The first-order valence-electron chi connectivity index (χ1n) is 31.1. The molecule has 0 aliphatic carbocycles. The van der Waals surface area contributed by atoms with Crippen molar-refractivity contribution >= 4 is 39.6 Å². The van der Waals surface area contributed by atoms with Gasteiger partial charge in [-0.05, 0) is 92.8 Å². The Morgan fingerprint density at radius 1 is 0.844 bits per heavy atom. The number of cyclic esters (lactones) is 1. The standard InChI is InChI=1S/C62H101F3N4O20S/c1-32(2)24-45(70)85-51-39(9)50(34(4)29-80-58-54(79-18)53(78-17)47(71)42(12)84-58)87-56(74)41(11)52(86-46-25-35(5)69(16)28-37(7)82-46)38(8)49(88-57-48(72)44(26-36(6)83-57)68-81-31-62(63,64)65)33(3)27-61(15,55(73)40(51)10)89-59(75)67-60(13,14)30-66-90(76,77)43-22-20-19-21-23-43/h19-23,32-42,46-54,57-58,66,71-72H,24-31H2,1-18H3,(H,67,75)/t33-,34?,35?,36+,37-,38+,39-,40+,41+,42+,46-,47+,48+,49-,50+,51+,52-,53+,54+,57-,58+,61-/m0/s1. The molecule has 90 heavy (non-hydrogen) atoms. The first-order chi connectivity index (χ1) is 41.8. The van der Waals surface area contributed by atoms with E-state index in [0.29, 0.717) is 13.0 Å². The van der Waals surface area contributed by atoms with Crippen molar-refractivity contribution in [3.05, 3.63) is 30.3 Å². The van der Waals surface area contributed by atoms with Crippen LogP contribution in [0.15, 0.2) is 40.4 Å². The maximum atomic E-state index is 16.1. The number of benzene rings is 1. The summed E-state index contributed by atoms with van der Waals surface area (Å²) in [4.78, 5) is 67.1. The van der Waals surface area contributed by atoms with Gasteiger partial charge in [-0.1, -0.05) is 71.8 Å². The number of hydrogen-bond acceptors (Lipinski definition) is 22. The molecule has 1 aromatic rings. The number of aliphatic hydroxyl groups is 2. The van der Waals surface area contributed by atoms with Gasteiger partial charge in [0.15, 0.2) is 30.3 Å². The molecule has 0 aromatic heterocycles. The van der Waals surface area contributed by atoms with Crippen LogP contribution in [0.25, 0.3) is 0 Å². The van der Waals surface area contributed by atoms with Gasteiger partial charge in [0.2, 0.25) is 16.6 Å². The number of ketones is 1. The zero-order chi connectivity index (χ0) is 67.5. The molecule has 0 radical (unpaired) electrons. The lowest BCUT2D eigenvalue weighted by molar-refractivity contribution is -0.305. The SMILES string of the molecule is CO[C@@H]1[C@H](O)[C@@H](C)O[C@@H](OCC(C)[C@H]2OC(=O)[C@H](C)[C@@H](O[C@H]3CC(C)N(C)C[C@H](C)O3)[C@H](C)[C@@H](O[C@@H]3O[C@H](C)CC(=NOCC(F)(F)F)[C@H]3O)[C@@H](C)C[C@](C)(OC(=O)NC(C)(C)CNS(=O)(=O)c3ccccc3)C(=O)[C@H](C)[C@H](OC(=O)CC(C)C)[C@H]2C)[C@@H]1OC. The van der Waals surface area contributed by atoms with E-state index in [0.717, 1.165) is 0 Å². The molecule has 516 valence electrons. The minimum absolute atomic E-state index is 0.0278. The number of hydrogen-bond donors (Lipinski definition) is 4. The molecule has 0 bridgehead atoms. The van der Waals surface area contributed by atoms with Crippen LogP contribution in [0.1, 0.15) is 130 Å². The molecule has 0 saturated carbocycles. The van der Waals surface area contributed by atoms with Crippen LogP contribution in [0, 0.1) is 41.4 Å². The molecular weight excluding hydrogens is 1210 g/mol. The van der Waals surface area contributed by atoms with Crippen LogP contribution in [-0.4, -0.2) is 210 Å². The number of carbonyl (C=O) groups excluding carboxylic acids is 4. The number of rotatable bonds is 21. The highest BCUT2D eigenvalue weighted by molar-refractivity contribution is 7.89. The Morgan fingerprint density at radius 2 is 1.49 bits per heavy atom. The number of sulfonamides is 1. The van der Waals surface area contributed by atoms with Gasteiger partial charge < -0.3 is 77.4 Å². The summed E-state index contributed by atoms with van der Waals surface area (Å²) in [6.07, 6.45) is -22.0. The fourth-order valence-corrected chi connectivity index (χ4v) is 13.6. The lowest BCUT2D eigenvalue weighted by Gasteiger charge is -2.45. The van der Waals surface area contributed by atoms with Crippen molar-refractivity contribution in [2.75, 3.05) is 47.6 Å². The van der Waals surface area contributed by atoms with E-state index in [4.69, 9.17) is 52.1 Å². The average Bonchev–Trinajstić information content (AvgIpc) is 0.933. The van der Waals surface area contributed by atoms with Gasteiger partial charge in [0.05, 0.1) is 65.1 Å². The second-order valence-electron chi connectivity index (χ2n) is 26.5. The summed E-state index contributed by atoms with van der Waals surface area (Å²) in [5, 5.41) is 29.2. The third kappa shape index (κ3) is 20.9. The Morgan fingerprint density at radius 3 is 2.10 bits per heavy atom. The Labute approximate surface area is 528 Å². The molecule has 4 fully saturated rings. The van der Waals surface area contributed by atoms with Crippen molar-refractivity contribution in [1.82, 2.24) is 14.9 Å². The van der Waals surface area contributed by atoms with E-state index in [-0.39, 0.29) is 54.7 Å². The van der Waals surface area contributed by atoms with E-state index in [1.54, 1.807) is 80.5 Å². The number of ether oxygens (including phenoxy) is 11. The van der Waals surface area contributed by atoms with Gasteiger partial charge in [-0.15, -0.1) is 0 Å². The summed E-state index contributed by atoms with van der Waals surface area (Å²) in [7, 11) is 0.676. The van der Waals surface area contributed by atoms with Gasteiger partial charge in [-0.2, -0.15) is 13.2 Å². The van der Waals surface area contributed by atoms with Crippen LogP contribution in [0.4, 0.5) is 18.0 Å². The molecule has 28 heteroatoms. The summed E-state index contributed by atoms with van der Waals surface area (Å²) in [5.74, 6) is -9.02. The van der Waals surface area contributed by atoms with Crippen molar-refractivity contribution in [3.8, 4) is 0 Å². The normalized spacial score (nSPS) is 36.7. The smallest absolute Gasteiger partial charge is 0.425 e. The van der Waals surface area contributed by atoms with Crippen LogP contribution < -0.4 is 10.0 Å². The Hall–Kier alpha value is -4.17. The fourth-order valence-electron chi connectivity index (χ4n) is 12.3. The van der Waals surface area contributed by atoms with Crippen molar-refractivity contribution in [2.45, 2.75) is 244 Å². The Balaban J connectivity index is 1.72. The molecule has 1 amide bonds. The van der Waals surface area contributed by atoms with E-state index in [2.05, 4.69) is 24.9 Å². The molecule has 22 atom stereocenters. The number of esters is 2. The van der Waals surface area contributed by atoms with Gasteiger partial charge in [0, 0.05) is 70.4 Å². The highest BCUT2D eigenvalue weighted by Gasteiger charge is 2.53. The predicted octanol–water partition coefficient (Wildman–Crippen LogP) is 6.70. The molecular formula is C62H101F3N4O20S. The van der Waals surface area contributed by atoms with E-state index < -0.39 is 180 Å². The molecule has 1 aromatic carbocycles. The average molecular weight is 1310 g/mol. The molecule has 24 nitrogen and oxygen atoms in total. The van der Waals surface area contributed by atoms with E-state index in [1.807, 2.05) is 20.9 Å². The number of Topliss-reactive ketones (excluding diaryl/α,β-unsaturated/α-hetero) is 1. The van der Waals surface area contributed by atoms with Crippen LogP contribution in [-0.2, 0) is 81.3 Å². The summed E-state index contributed by atoms with van der Waals surface area (Å²) >= 11 is 0. The summed E-state index contributed by atoms with van der Waals surface area (Å²) in [6.45, 7) is 23.2. The van der Waals surface area contributed by atoms with Crippen LogP contribution >= 0.6 is 0 Å². The number of oxime groups is 1. The number of alkyl carbamates (subject to hydrolysis) is 1. The zero-order valence-electron chi connectivity index (χ0n) is 55.4. The fraction of sp³-hybridized carbons (Fsp3) is 0.823. The molecule has 4 N–H and O–H groups in total. The van der Waals surface area contributed by atoms with Crippen LogP contribution in [0.2, 0.25) is 0 Å². The van der Waals surface area contributed by atoms with Crippen molar-refractivity contribution in [2.24, 2.45) is 46.6 Å². The first kappa shape index (κ1) is 76.5. The maximum absolute atomic E-state index is 16.1. The number of likely N-dealkylation sites (N-methyl/N-ethyl adjacent to an activating group) is 1. The molecule has 4 saturated heterocycles. The topological polar surface area (TPSA) is 293 Å². The lowest BCUT2D eigenvalue weighted by atomic mass is 9.74. The summed E-state index contributed by atoms with van der Waals surface area (Å²) in [6, 6.07) is 7.47. The van der Waals surface area contributed by atoms with Crippen LogP contribution in [0.3, 0.4) is 0 Å². The third-order valence-electron chi connectivity index (χ3n) is 17.3. The number of methoxy groups -OCH3 is 2. The highest BCUT2D eigenvalue weighted by atomic mass is 32.2. The summed E-state index contributed by atoms with van der Waals surface area (Å²) in [5.41, 5.74) is -3.85. The van der Waals surface area contributed by atoms with Gasteiger partial charge >= 0.3 is 24.2 Å². The predicted molar refractivity (Wildman–Crippen MR) is 321 cm³/mol. The highest BCUT2D eigenvalue weighted by Crippen LogP contribution is 2.41. The largest absolute Gasteiger partial charge is 0.461 e. The monoisotopic (exact) mass is 1310 g/mol. The number of halogens is 3. The van der Waals surface area contributed by atoms with Gasteiger partial charge in [-0.3, -0.25) is 14.4 Å². The molecule has 4 aliphatic heterocycles. The molecule has 4 heterocycles. The number of amides is 1. The third-order valence-corrected chi connectivity index (χ3v) is 18.7. The maximum Gasteiger partial charge on any atom is 0.425 e. The number of nitrogens with zero attached hydrogens (tertiary/aromatic N) is 2. The number of alkyl halides is 3. The molecule has 4 aliphatic rings. The minimum atomic E-state index is -4.76. The number of aliphatic hydroxyl groups excluding tert-OH is 2. The van der Waals surface area contributed by atoms with Crippen LogP contribution in [0.5, 0.6) is 0 Å². The summed E-state index contributed by atoms with van der Waals surface area (Å²) < 4.78 is 139. The Kier molecular flexibility index (Phi) is 27.9. The van der Waals surface area contributed by atoms with Gasteiger partial charge in [0.25, 0.3) is 0 Å². The van der Waals surface area contributed by atoms with E-state index in [1.165, 1.54) is 54.0 Å². The Bertz CT molecular complexity index is 2630. The molecule has 5 rings (SSSR count). The quantitative estimate of drug-likeness (QED) is 0.0566. The minimum Gasteiger partial charge on any atom is -0.461 e. The second-order valence-corrected chi connectivity index (χ2v) is 28.3. The van der Waals surface area contributed by atoms with Crippen molar-refractivity contribution < 1.29 is 108 Å². The van der Waals surface area contributed by atoms with Gasteiger partial charge in [0.1, 0.15) is 36.6 Å². The van der Waals surface area contributed by atoms with Crippen molar-refractivity contribution in [3.63, 3.8) is 0 Å². The van der Waals surface area contributed by atoms with E-state index >= 15 is 9.59 Å². The van der Waals surface area contributed by atoms with E-state index in [9.17, 15) is 41.4 Å². The van der Waals surface area contributed by atoms with Crippen molar-refractivity contribution in [1.29, 1.82) is 0 Å². The number of nitrogens with one attached hydrogen (secondary N) is 2. The first-order valence-corrected chi connectivity index (χ1v) is 32.6. The lowest BCUT2D eigenvalue weighted by Crippen LogP contribution is -2.59. The second kappa shape index (κ2) is 32.8. The van der Waals surface area contributed by atoms with Gasteiger partial charge in [-0.25, -0.2) is 17.9 Å². The zero-order valence-corrected chi connectivity index (χ0v) is 56.2. The molecule has 0 spiro atoms. The number of carbonyl (C=O) groups is 4. The molecule has 2 unspecified atom stereocenters.